The maximum atomic E-state index is 13.6. The van der Waals surface area contributed by atoms with Gasteiger partial charge in [0.15, 0.2) is 9.84 Å². The second-order valence-corrected chi connectivity index (χ2v) is 6.93. The predicted molar refractivity (Wildman–Crippen MR) is 80.3 cm³/mol. The number of benzene rings is 1. The van der Waals surface area contributed by atoms with Gasteiger partial charge >= 0.3 is 0 Å². The maximum Gasteiger partial charge on any atom is 0.224 e. The summed E-state index contributed by atoms with van der Waals surface area (Å²) >= 11 is 0. The Balaban J connectivity index is 2.59. The van der Waals surface area contributed by atoms with E-state index in [1.54, 1.807) is 0 Å². The monoisotopic (exact) mass is 316 g/mol. The standard InChI is InChI=1S/C14H21FN2O3S/c1-21(19,20)11-7-8-12(15)13(10-11)17-14(18)6-4-2-3-5-9-16/h7-8,10H,2-6,9,16H2,1H3,(H,17,18). The Morgan fingerprint density at radius 1 is 1.24 bits per heavy atom. The lowest BCUT2D eigenvalue weighted by Crippen LogP contribution is -2.13. The van der Waals surface area contributed by atoms with Gasteiger partial charge in [-0.1, -0.05) is 12.8 Å². The molecule has 0 saturated carbocycles. The lowest BCUT2D eigenvalue weighted by atomic mass is 10.1. The molecular weight excluding hydrogens is 295 g/mol. The largest absolute Gasteiger partial charge is 0.330 e. The molecule has 5 nitrogen and oxygen atoms in total. The van der Waals surface area contributed by atoms with E-state index in [0.29, 0.717) is 13.0 Å². The van der Waals surface area contributed by atoms with E-state index >= 15 is 0 Å². The van der Waals surface area contributed by atoms with Crippen LogP contribution in [0.4, 0.5) is 10.1 Å². The van der Waals surface area contributed by atoms with Crippen molar-refractivity contribution in [1.29, 1.82) is 0 Å². The molecule has 0 fully saturated rings. The number of unbranched alkanes of at least 4 members (excludes halogenated alkanes) is 3. The summed E-state index contributed by atoms with van der Waals surface area (Å²) in [7, 11) is -3.43. The van der Waals surface area contributed by atoms with Crippen LogP contribution in [0.2, 0.25) is 0 Å². The highest BCUT2D eigenvalue weighted by Gasteiger charge is 2.12. The van der Waals surface area contributed by atoms with Crippen LogP contribution in [0.1, 0.15) is 32.1 Å². The number of hydrogen-bond donors (Lipinski definition) is 2. The molecule has 0 unspecified atom stereocenters. The molecule has 0 atom stereocenters. The Morgan fingerprint density at radius 2 is 1.90 bits per heavy atom. The van der Waals surface area contributed by atoms with E-state index in [0.717, 1.165) is 37.7 Å². The Bertz CT molecular complexity index is 588. The van der Waals surface area contributed by atoms with Crippen LogP contribution in [0.5, 0.6) is 0 Å². The first-order valence-corrected chi connectivity index (χ1v) is 8.73. The zero-order valence-corrected chi connectivity index (χ0v) is 12.9. The smallest absolute Gasteiger partial charge is 0.224 e. The lowest BCUT2D eigenvalue weighted by molar-refractivity contribution is -0.116. The number of amides is 1. The minimum Gasteiger partial charge on any atom is -0.330 e. The van der Waals surface area contributed by atoms with Gasteiger partial charge in [-0.3, -0.25) is 4.79 Å². The molecule has 1 rings (SSSR count). The minimum atomic E-state index is -3.43. The summed E-state index contributed by atoms with van der Waals surface area (Å²) in [5.41, 5.74) is 5.26. The molecule has 0 radical (unpaired) electrons. The van der Waals surface area contributed by atoms with Gasteiger partial charge in [0.1, 0.15) is 5.82 Å². The van der Waals surface area contributed by atoms with E-state index in [9.17, 15) is 17.6 Å². The van der Waals surface area contributed by atoms with Gasteiger partial charge in [0, 0.05) is 12.7 Å². The number of rotatable bonds is 8. The number of nitrogens with two attached hydrogens (primary N) is 1. The highest BCUT2D eigenvalue weighted by molar-refractivity contribution is 7.90. The van der Waals surface area contributed by atoms with Gasteiger partial charge in [-0.2, -0.15) is 0 Å². The van der Waals surface area contributed by atoms with Gasteiger partial charge < -0.3 is 11.1 Å². The van der Waals surface area contributed by atoms with Crippen LogP contribution in [0, 0.1) is 5.82 Å². The number of nitrogens with one attached hydrogen (secondary N) is 1. The average molecular weight is 316 g/mol. The summed E-state index contributed by atoms with van der Waals surface area (Å²) in [5.74, 6) is -0.980. The molecule has 7 heteroatoms. The fourth-order valence-corrected chi connectivity index (χ4v) is 2.47. The van der Waals surface area contributed by atoms with Gasteiger partial charge in [0.05, 0.1) is 10.6 Å². The Hall–Kier alpha value is -1.47. The Kier molecular flexibility index (Phi) is 6.77. The zero-order valence-electron chi connectivity index (χ0n) is 12.1. The number of carbonyl (C=O) groups is 1. The third-order valence-corrected chi connectivity index (χ3v) is 4.11. The van der Waals surface area contributed by atoms with Gasteiger partial charge in [-0.05, 0) is 37.6 Å². The number of sulfone groups is 1. The molecule has 21 heavy (non-hydrogen) atoms. The molecule has 0 aliphatic heterocycles. The van der Waals surface area contributed by atoms with Crippen molar-refractivity contribution in [2.45, 2.75) is 37.0 Å². The third-order valence-electron chi connectivity index (χ3n) is 3.00. The van der Waals surface area contributed by atoms with Gasteiger partial charge in [-0.15, -0.1) is 0 Å². The van der Waals surface area contributed by atoms with E-state index in [1.807, 2.05) is 0 Å². The third kappa shape index (κ3) is 6.22. The number of halogens is 1. The zero-order chi connectivity index (χ0) is 15.9. The molecule has 0 aromatic heterocycles. The summed E-state index contributed by atoms with van der Waals surface area (Å²) < 4.78 is 36.4. The van der Waals surface area contributed by atoms with Crippen LogP contribution in [0.25, 0.3) is 0 Å². The first-order valence-electron chi connectivity index (χ1n) is 6.84. The summed E-state index contributed by atoms with van der Waals surface area (Å²) in [6, 6.07) is 3.34. The van der Waals surface area contributed by atoms with Crippen LogP contribution < -0.4 is 11.1 Å². The molecular formula is C14H21FN2O3S. The Morgan fingerprint density at radius 3 is 2.52 bits per heavy atom. The van der Waals surface area contributed by atoms with Gasteiger partial charge in [0.25, 0.3) is 0 Å². The first kappa shape index (κ1) is 17.6. The van der Waals surface area contributed by atoms with Crippen molar-refractivity contribution in [3.8, 4) is 0 Å². The van der Waals surface area contributed by atoms with Crippen LogP contribution in [-0.4, -0.2) is 27.1 Å². The molecule has 118 valence electrons. The van der Waals surface area contributed by atoms with Crippen molar-refractivity contribution < 1.29 is 17.6 Å². The number of anilines is 1. The molecule has 0 aliphatic rings. The van der Waals surface area contributed by atoms with Crippen molar-refractivity contribution in [3.05, 3.63) is 24.0 Å². The molecule has 1 aromatic carbocycles. The van der Waals surface area contributed by atoms with Crippen LogP contribution in [0.3, 0.4) is 0 Å². The lowest BCUT2D eigenvalue weighted by Gasteiger charge is -2.08. The molecule has 1 aromatic rings. The maximum absolute atomic E-state index is 13.6. The van der Waals surface area contributed by atoms with Crippen molar-refractivity contribution in [2.75, 3.05) is 18.1 Å². The fraction of sp³-hybridized carbons (Fsp3) is 0.500. The summed E-state index contributed by atoms with van der Waals surface area (Å²) in [5, 5.41) is 2.41. The van der Waals surface area contributed by atoms with Crippen molar-refractivity contribution in [2.24, 2.45) is 5.73 Å². The van der Waals surface area contributed by atoms with E-state index < -0.39 is 15.7 Å². The Labute approximate surface area is 124 Å². The summed E-state index contributed by atoms with van der Waals surface area (Å²) in [4.78, 5) is 11.7. The van der Waals surface area contributed by atoms with E-state index in [-0.39, 0.29) is 22.9 Å². The normalized spacial score (nSPS) is 11.4. The van der Waals surface area contributed by atoms with Crippen LogP contribution in [0.15, 0.2) is 23.1 Å². The highest BCUT2D eigenvalue weighted by Crippen LogP contribution is 2.20. The minimum absolute atomic E-state index is 0.0258. The topological polar surface area (TPSA) is 89.3 Å². The first-order chi connectivity index (χ1) is 9.84. The van der Waals surface area contributed by atoms with Gasteiger partial charge in [-0.25, -0.2) is 12.8 Å². The molecule has 0 bridgehead atoms. The molecule has 0 heterocycles. The quantitative estimate of drug-likeness (QED) is 0.567. The molecule has 3 N–H and O–H groups in total. The van der Waals surface area contributed by atoms with Crippen LogP contribution >= 0.6 is 0 Å². The van der Waals surface area contributed by atoms with Crippen molar-refractivity contribution in [3.63, 3.8) is 0 Å². The van der Waals surface area contributed by atoms with E-state index in [1.165, 1.54) is 6.07 Å². The fourth-order valence-electron chi connectivity index (χ4n) is 1.83. The summed E-state index contributed by atoms with van der Waals surface area (Å²) in [6.07, 6.45) is 4.76. The number of carbonyl (C=O) groups excluding carboxylic acids is 1. The average Bonchev–Trinajstić information content (AvgIpc) is 2.40. The second-order valence-electron chi connectivity index (χ2n) is 4.91. The van der Waals surface area contributed by atoms with E-state index in [2.05, 4.69) is 5.32 Å². The summed E-state index contributed by atoms with van der Waals surface area (Å²) in [6.45, 7) is 0.635. The van der Waals surface area contributed by atoms with Gasteiger partial charge in [0.2, 0.25) is 5.91 Å². The number of hydrogen-bond acceptors (Lipinski definition) is 4. The predicted octanol–water partition coefficient (Wildman–Crippen LogP) is 2.08. The van der Waals surface area contributed by atoms with E-state index in [4.69, 9.17) is 5.73 Å². The molecule has 1 amide bonds. The molecule has 0 spiro atoms. The second kappa shape index (κ2) is 8.09. The van der Waals surface area contributed by atoms with Crippen LogP contribution in [-0.2, 0) is 14.6 Å². The molecule has 0 saturated heterocycles. The molecule has 0 aliphatic carbocycles. The SMILES string of the molecule is CS(=O)(=O)c1ccc(F)c(NC(=O)CCCCCCN)c1. The van der Waals surface area contributed by atoms with Crippen molar-refractivity contribution >= 4 is 21.4 Å². The van der Waals surface area contributed by atoms with Crippen molar-refractivity contribution in [1.82, 2.24) is 0 Å². The highest BCUT2D eigenvalue weighted by atomic mass is 32.2.